The number of carbonyl (C=O) groups excluding carboxylic acids is 1. The molecule has 0 fully saturated rings. The summed E-state index contributed by atoms with van der Waals surface area (Å²) in [5, 5.41) is 0.800. The van der Waals surface area contributed by atoms with Crippen molar-refractivity contribution >= 4 is 27.5 Å². The first-order valence-corrected chi connectivity index (χ1v) is 10.5. The molecule has 0 atom stereocenters. The van der Waals surface area contributed by atoms with Crippen LogP contribution in [0.2, 0.25) is 0 Å². The van der Waals surface area contributed by atoms with Gasteiger partial charge in [0, 0.05) is 5.56 Å². The van der Waals surface area contributed by atoms with Crippen molar-refractivity contribution in [1.82, 2.24) is 4.98 Å². The Hall–Kier alpha value is -3.38. The Bertz CT molecular complexity index is 1100. The number of esters is 1. The zero-order valence-corrected chi connectivity index (χ0v) is 17.4. The number of carbonyl (C=O) groups is 1. The summed E-state index contributed by atoms with van der Waals surface area (Å²) in [6.07, 6.45) is 0. The first-order chi connectivity index (χ1) is 14.7. The molecule has 4 aromatic rings. The summed E-state index contributed by atoms with van der Waals surface area (Å²) in [5.74, 6) is 1.10. The maximum atomic E-state index is 12.7. The molecular weight excluding hydrogens is 398 g/mol. The minimum absolute atomic E-state index is 0.153. The SMILES string of the molecule is CCOc1ccc(OCCOC(=O)c2ccccc2-c2nc3ccccc3s2)cc1. The standard InChI is InChI=1S/C24H21NO4S/c1-2-27-17-11-13-18(14-12-17)28-15-16-29-24(26)20-8-4-3-7-19(20)23-25-21-9-5-6-10-22(21)30-23/h3-14H,2,15-16H2,1H3. The maximum Gasteiger partial charge on any atom is 0.338 e. The summed E-state index contributed by atoms with van der Waals surface area (Å²) < 4.78 is 17.6. The number of thiazole rings is 1. The van der Waals surface area contributed by atoms with Crippen LogP contribution in [0, 0.1) is 0 Å². The van der Waals surface area contributed by atoms with Crippen LogP contribution < -0.4 is 9.47 Å². The van der Waals surface area contributed by atoms with E-state index >= 15 is 0 Å². The number of para-hydroxylation sites is 1. The second-order valence-corrected chi connectivity index (χ2v) is 7.45. The Balaban J connectivity index is 1.38. The Morgan fingerprint density at radius 2 is 1.57 bits per heavy atom. The maximum absolute atomic E-state index is 12.7. The fraction of sp³-hybridized carbons (Fsp3) is 0.167. The van der Waals surface area contributed by atoms with Gasteiger partial charge in [-0.3, -0.25) is 0 Å². The zero-order valence-electron chi connectivity index (χ0n) is 16.5. The highest BCUT2D eigenvalue weighted by atomic mass is 32.1. The minimum Gasteiger partial charge on any atom is -0.494 e. The van der Waals surface area contributed by atoms with Gasteiger partial charge in [0.05, 0.1) is 22.4 Å². The summed E-state index contributed by atoms with van der Waals surface area (Å²) in [7, 11) is 0. The van der Waals surface area contributed by atoms with Gasteiger partial charge in [-0.2, -0.15) is 0 Å². The van der Waals surface area contributed by atoms with E-state index in [1.54, 1.807) is 17.4 Å². The lowest BCUT2D eigenvalue weighted by molar-refractivity contribution is 0.0451. The predicted molar refractivity (Wildman–Crippen MR) is 118 cm³/mol. The molecule has 0 saturated heterocycles. The van der Waals surface area contributed by atoms with Gasteiger partial charge in [0.15, 0.2) is 0 Å². The molecule has 152 valence electrons. The molecule has 0 aliphatic heterocycles. The summed E-state index contributed by atoms with van der Waals surface area (Å²) in [6, 6.07) is 22.6. The zero-order chi connectivity index (χ0) is 20.8. The van der Waals surface area contributed by atoms with Gasteiger partial charge in [0.25, 0.3) is 0 Å². The van der Waals surface area contributed by atoms with E-state index in [4.69, 9.17) is 14.2 Å². The lowest BCUT2D eigenvalue weighted by atomic mass is 10.1. The van der Waals surface area contributed by atoms with Crippen LogP contribution in [0.3, 0.4) is 0 Å². The molecule has 0 bridgehead atoms. The quantitative estimate of drug-likeness (QED) is 0.275. The number of rotatable bonds is 8. The van der Waals surface area contributed by atoms with Crippen LogP contribution in [0.5, 0.6) is 11.5 Å². The summed E-state index contributed by atoms with van der Waals surface area (Å²) in [6.45, 7) is 2.98. The van der Waals surface area contributed by atoms with Gasteiger partial charge in [-0.15, -0.1) is 11.3 Å². The molecule has 3 aromatic carbocycles. The average molecular weight is 420 g/mol. The van der Waals surface area contributed by atoms with Crippen LogP contribution >= 0.6 is 11.3 Å². The summed E-state index contributed by atoms with van der Waals surface area (Å²) in [5.41, 5.74) is 2.19. The molecule has 6 heteroatoms. The van der Waals surface area contributed by atoms with E-state index in [0.29, 0.717) is 17.9 Å². The fourth-order valence-corrected chi connectivity index (χ4v) is 4.01. The van der Waals surface area contributed by atoms with Gasteiger partial charge >= 0.3 is 5.97 Å². The molecule has 0 saturated carbocycles. The number of benzene rings is 3. The molecule has 30 heavy (non-hydrogen) atoms. The number of hydrogen-bond acceptors (Lipinski definition) is 6. The highest BCUT2D eigenvalue weighted by molar-refractivity contribution is 7.21. The van der Waals surface area contributed by atoms with E-state index in [1.165, 1.54) is 0 Å². The van der Waals surface area contributed by atoms with E-state index in [2.05, 4.69) is 4.98 Å². The molecule has 0 aliphatic rings. The molecule has 0 unspecified atom stereocenters. The van der Waals surface area contributed by atoms with Gasteiger partial charge in [-0.1, -0.05) is 30.3 Å². The van der Waals surface area contributed by atoms with Crippen molar-refractivity contribution < 1.29 is 19.0 Å². The topological polar surface area (TPSA) is 57.7 Å². The molecule has 0 amide bonds. The number of nitrogens with zero attached hydrogens (tertiary/aromatic N) is 1. The van der Waals surface area contributed by atoms with Crippen molar-refractivity contribution in [3.8, 4) is 22.1 Å². The lowest BCUT2D eigenvalue weighted by Crippen LogP contribution is -2.13. The second-order valence-electron chi connectivity index (χ2n) is 6.42. The van der Waals surface area contributed by atoms with E-state index in [-0.39, 0.29) is 19.2 Å². The fourth-order valence-electron chi connectivity index (χ4n) is 3.01. The number of hydrogen-bond donors (Lipinski definition) is 0. The molecule has 0 radical (unpaired) electrons. The molecular formula is C24H21NO4S. The van der Waals surface area contributed by atoms with Gasteiger partial charge in [0.2, 0.25) is 0 Å². The molecule has 0 spiro atoms. The third-order valence-corrected chi connectivity index (χ3v) is 5.46. The number of fused-ring (bicyclic) bond motifs is 1. The molecule has 1 heterocycles. The van der Waals surface area contributed by atoms with Gasteiger partial charge in [0.1, 0.15) is 29.7 Å². The van der Waals surface area contributed by atoms with Crippen LogP contribution in [-0.2, 0) is 4.74 Å². The highest BCUT2D eigenvalue weighted by Gasteiger charge is 2.16. The largest absolute Gasteiger partial charge is 0.494 e. The van der Waals surface area contributed by atoms with E-state index in [1.807, 2.05) is 73.7 Å². The highest BCUT2D eigenvalue weighted by Crippen LogP contribution is 2.32. The smallest absolute Gasteiger partial charge is 0.338 e. The van der Waals surface area contributed by atoms with Crippen molar-refractivity contribution in [3.05, 3.63) is 78.4 Å². The summed E-state index contributed by atoms with van der Waals surface area (Å²) in [4.78, 5) is 17.3. The van der Waals surface area contributed by atoms with Crippen LogP contribution in [0.4, 0.5) is 0 Å². The van der Waals surface area contributed by atoms with E-state index in [9.17, 15) is 4.79 Å². The normalized spacial score (nSPS) is 10.7. The van der Waals surface area contributed by atoms with Gasteiger partial charge in [-0.25, -0.2) is 9.78 Å². The molecule has 1 aromatic heterocycles. The first kappa shape index (κ1) is 19.9. The molecule has 0 aliphatic carbocycles. The third-order valence-electron chi connectivity index (χ3n) is 4.39. The van der Waals surface area contributed by atoms with Crippen molar-refractivity contribution in [1.29, 1.82) is 0 Å². The van der Waals surface area contributed by atoms with E-state index < -0.39 is 0 Å². The Morgan fingerprint density at radius 1 is 0.867 bits per heavy atom. The third kappa shape index (κ3) is 4.60. The number of ether oxygens (including phenoxy) is 3. The van der Waals surface area contributed by atoms with Crippen LogP contribution in [0.15, 0.2) is 72.8 Å². The molecule has 4 rings (SSSR count). The Morgan fingerprint density at radius 3 is 2.33 bits per heavy atom. The summed E-state index contributed by atoms with van der Waals surface area (Å²) >= 11 is 1.56. The Labute approximate surface area is 178 Å². The van der Waals surface area contributed by atoms with E-state index in [0.717, 1.165) is 26.5 Å². The first-order valence-electron chi connectivity index (χ1n) is 9.72. The predicted octanol–water partition coefficient (Wildman–Crippen LogP) is 5.60. The minimum atomic E-state index is -0.389. The van der Waals surface area contributed by atoms with Crippen LogP contribution in [-0.4, -0.2) is 30.8 Å². The Kier molecular flexibility index (Phi) is 6.25. The number of aromatic nitrogens is 1. The van der Waals surface area contributed by atoms with Crippen LogP contribution in [0.25, 0.3) is 20.8 Å². The second kappa shape index (κ2) is 9.41. The molecule has 0 N–H and O–H groups in total. The monoisotopic (exact) mass is 419 g/mol. The van der Waals surface area contributed by atoms with Crippen molar-refractivity contribution in [2.45, 2.75) is 6.92 Å². The molecule has 5 nitrogen and oxygen atoms in total. The van der Waals surface area contributed by atoms with Gasteiger partial charge in [-0.05, 0) is 49.4 Å². The van der Waals surface area contributed by atoms with Crippen LogP contribution in [0.1, 0.15) is 17.3 Å². The van der Waals surface area contributed by atoms with Crippen molar-refractivity contribution in [3.63, 3.8) is 0 Å². The van der Waals surface area contributed by atoms with Crippen molar-refractivity contribution in [2.24, 2.45) is 0 Å². The van der Waals surface area contributed by atoms with Gasteiger partial charge < -0.3 is 14.2 Å². The lowest BCUT2D eigenvalue weighted by Gasteiger charge is -2.10. The van der Waals surface area contributed by atoms with Crippen molar-refractivity contribution in [2.75, 3.05) is 19.8 Å². The average Bonchev–Trinajstić information content (AvgIpc) is 3.22.